The van der Waals surface area contributed by atoms with E-state index in [0.29, 0.717) is 78.7 Å². The first-order valence-corrected chi connectivity index (χ1v) is 21.4. The average molecular weight is 835 g/mol. The van der Waals surface area contributed by atoms with E-state index in [0.717, 1.165) is 35.1 Å². The number of aromatic hydroxyl groups is 1. The fourth-order valence-corrected chi connectivity index (χ4v) is 8.26. The number of carbonyl (C=O) groups is 3. The van der Waals surface area contributed by atoms with E-state index < -0.39 is 12.2 Å². The molecule has 0 radical (unpaired) electrons. The summed E-state index contributed by atoms with van der Waals surface area (Å²) < 4.78 is 5.79. The third-order valence-electron chi connectivity index (χ3n) is 11.8. The zero-order chi connectivity index (χ0) is 43.6. The van der Waals surface area contributed by atoms with Gasteiger partial charge in [0.1, 0.15) is 11.9 Å². The van der Waals surface area contributed by atoms with E-state index >= 15 is 0 Å². The summed E-state index contributed by atoms with van der Waals surface area (Å²) >= 11 is 0. The first-order valence-electron chi connectivity index (χ1n) is 21.4. The number of likely N-dealkylation sites (tertiary alicyclic amines) is 1. The van der Waals surface area contributed by atoms with Crippen molar-refractivity contribution in [2.75, 3.05) is 36.9 Å². The minimum absolute atomic E-state index is 0.0372. The van der Waals surface area contributed by atoms with Crippen molar-refractivity contribution in [3.05, 3.63) is 160 Å². The minimum atomic E-state index is -0.762. The standard InChI is InChI=1S/C51H54N4O7/c1-34(18-21-45(56)42-19-22-46(57)50-43(42)20-23-48(59)53-50)30-35-10-8-11-36(31-35)32-47(58)38-14-9-15-39(33-38)54(2)49(60)26-29-55-27-24-40(25-28-55)62-51(61)52-44-17-7-6-16-41(44)37-12-4-3-5-13-37/h3-17,19-20,22-23,31,33-34,40,45,56-57H,18,21,24-30,32H2,1-2H3,(H,52,61)(H,53,59)/t34-,45-/m0/s1. The summed E-state index contributed by atoms with van der Waals surface area (Å²) in [4.78, 5) is 58.0. The third kappa shape index (κ3) is 11.2. The van der Waals surface area contributed by atoms with Gasteiger partial charge in [0.05, 0.1) is 17.3 Å². The van der Waals surface area contributed by atoms with Gasteiger partial charge in [-0.25, -0.2) is 4.79 Å². The molecule has 0 spiro atoms. The lowest BCUT2D eigenvalue weighted by Crippen LogP contribution is -2.40. The van der Waals surface area contributed by atoms with Crippen molar-refractivity contribution in [3.8, 4) is 16.9 Å². The van der Waals surface area contributed by atoms with Crippen LogP contribution in [0.5, 0.6) is 5.75 Å². The lowest BCUT2D eigenvalue weighted by atomic mass is 9.91. The van der Waals surface area contributed by atoms with Crippen LogP contribution < -0.4 is 15.8 Å². The fourth-order valence-electron chi connectivity index (χ4n) is 8.26. The summed E-state index contributed by atoms with van der Waals surface area (Å²) in [7, 11) is 1.74. The summed E-state index contributed by atoms with van der Waals surface area (Å²) in [5.41, 5.74) is 6.49. The molecule has 1 fully saturated rings. The Morgan fingerprint density at radius 2 is 1.60 bits per heavy atom. The van der Waals surface area contributed by atoms with Gasteiger partial charge in [0.15, 0.2) is 5.78 Å². The molecule has 5 aromatic carbocycles. The van der Waals surface area contributed by atoms with Crippen LogP contribution in [-0.2, 0) is 22.4 Å². The van der Waals surface area contributed by atoms with E-state index in [9.17, 15) is 29.4 Å². The van der Waals surface area contributed by atoms with Crippen LogP contribution in [0.1, 0.15) is 72.2 Å². The minimum Gasteiger partial charge on any atom is -0.506 e. The van der Waals surface area contributed by atoms with Crippen LogP contribution in [0.15, 0.2) is 132 Å². The molecule has 1 saturated heterocycles. The molecule has 62 heavy (non-hydrogen) atoms. The molecule has 11 heteroatoms. The molecule has 2 atom stereocenters. The number of hydrogen-bond donors (Lipinski definition) is 4. The number of hydrogen-bond acceptors (Lipinski definition) is 8. The number of aromatic nitrogens is 1. The number of aliphatic hydroxyl groups excluding tert-OH is 1. The molecule has 11 nitrogen and oxygen atoms in total. The molecule has 0 bridgehead atoms. The van der Waals surface area contributed by atoms with Gasteiger partial charge >= 0.3 is 6.09 Å². The number of fused-ring (bicyclic) bond motifs is 1. The maximum absolute atomic E-state index is 13.5. The van der Waals surface area contributed by atoms with E-state index in [1.54, 1.807) is 42.3 Å². The second kappa shape index (κ2) is 20.3. The van der Waals surface area contributed by atoms with Gasteiger partial charge in [0.25, 0.3) is 0 Å². The molecular weight excluding hydrogens is 781 g/mol. The van der Waals surface area contributed by atoms with Crippen molar-refractivity contribution in [1.29, 1.82) is 0 Å². The Hall–Kier alpha value is -6.56. The number of pyridine rings is 1. The molecule has 0 unspecified atom stereocenters. The number of piperidine rings is 1. The topological polar surface area (TPSA) is 152 Å². The van der Waals surface area contributed by atoms with Crippen LogP contribution in [0.2, 0.25) is 0 Å². The summed E-state index contributed by atoms with van der Waals surface area (Å²) in [5, 5.41) is 24.8. The Labute approximate surface area is 362 Å². The number of ether oxygens (including phenoxy) is 1. The Balaban J connectivity index is 0.844. The second-order valence-corrected chi connectivity index (χ2v) is 16.3. The molecule has 2 heterocycles. The predicted octanol–water partition coefficient (Wildman–Crippen LogP) is 9.08. The van der Waals surface area contributed by atoms with Crippen molar-refractivity contribution >= 4 is 40.1 Å². The van der Waals surface area contributed by atoms with Crippen molar-refractivity contribution < 1.29 is 29.3 Å². The number of para-hydroxylation sites is 1. The first kappa shape index (κ1) is 43.5. The normalized spacial score (nSPS) is 14.2. The largest absolute Gasteiger partial charge is 0.506 e. The Kier molecular flexibility index (Phi) is 14.3. The lowest BCUT2D eigenvalue weighted by Gasteiger charge is -2.31. The van der Waals surface area contributed by atoms with Crippen LogP contribution in [0.4, 0.5) is 16.2 Å². The van der Waals surface area contributed by atoms with Crippen LogP contribution in [-0.4, -0.2) is 70.7 Å². The number of phenols is 1. The average Bonchev–Trinajstić information content (AvgIpc) is 3.28. The van der Waals surface area contributed by atoms with Gasteiger partial charge in [-0.2, -0.15) is 0 Å². The Morgan fingerprint density at radius 3 is 2.40 bits per heavy atom. The highest BCUT2D eigenvalue weighted by Crippen LogP contribution is 2.32. The van der Waals surface area contributed by atoms with Gasteiger partial charge in [0, 0.05) is 67.8 Å². The number of aliphatic hydroxyl groups is 1. The number of carbonyl (C=O) groups excluding carboxylic acids is 3. The van der Waals surface area contributed by atoms with Gasteiger partial charge < -0.3 is 29.7 Å². The van der Waals surface area contributed by atoms with E-state index in [1.807, 2.05) is 72.8 Å². The quantitative estimate of drug-likeness (QED) is 0.0705. The number of nitrogens with one attached hydrogen (secondary N) is 2. The summed E-state index contributed by atoms with van der Waals surface area (Å²) in [6, 6.07) is 39.0. The number of amides is 2. The smallest absolute Gasteiger partial charge is 0.411 e. The van der Waals surface area contributed by atoms with Crippen LogP contribution in [0, 0.1) is 5.92 Å². The first-order chi connectivity index (χ1) is 30.0. The predicted molar refractivity (Wildman–Crippen MR) is 244 cm³/mol. The maximum atomic E-state index is 13.5. The van der Waals surface area contributed by atoms with E-state index in [4.69, 9.17) is 4.74 Å². The molecule has 7 rings (SSSR count). The molecule has 0 aliphatic carbocycles. The van der Waals surface area contributed by atoms with Crippen molar-refractivity contribution in [2.45, 2.75) is 64.1 Å². The molecule has 2 amide bonds. The lowest BCUT2D eigenvalue weighted by molar-refractivity contribution is -0.118. The van der Waals surface area contributed by atoms with Gasteiger partial charge in [-0.3, -0.25) is 19.7 Å². The number of H-pyrrole nitrogens is 1. The molecule has 1 aliphatic rings. The number of phenolic OH excluding ortho intramolecular Hbond substituents is 1. The number of benzene rings is 5. The Morgan fingerprint density at radius 1 is 0.855 bits per heavy atom. The molecule has 0 saturated carbocycles. The van der Waals surface area contributed by atoms with Crippen molar-refractivity contribution in [3.63, 3.8) is 0 Å². The monoisotopic (exact) mass is 834 g/mol. The van der Waals surface area contributed by atoms with E-state index in [2.05, 4.69) is 34.3 Å². The molecular formula is C51H54N4O7. The molecule has 6 aromatic rings. The van der Waals surface area contributed by atoms with E-state index in [-0.39, 0.29) is 41.4 Å². The number of aromatic amines is 1. The van der Waals surface area contributed by atoms with Gasteiger partial charge in [-0.1, -0.05) is 97.9 Å². The summed E-state index contributed by atoms with van der Waals surface area (Å²) in [6.45, 7) is 4.15. The van der Waals surface area contributed by atoms with Crippen molar-refractivity contribution in [2.24, 2.45) is 5.92 Å². The number of nitrogens with zero attached hydrogens (tertiary/aromatic N) is 2. The van der Waals surface area contributed by atoms with Gasteiger partial charge in [-0.05, 0) is 90.6 Å². The fraction of sp³-hybridized carbons (Fsp3) is 0.294. The maximum Gasteiger partial charge on any atom is 0.411 e. The number of Topliss-reactive ketones (excluding diaryl/α,β-unsaturated/α-hetero) is 1. The summed E-state index contributed by atoms with van der Waals surface area (Å²) in [5.74, 6) is 0.122. The number of ketones is 1. The van der Waals surface area contributed by atoms with Crippen LogP contribution in [0.3, 0.4) is 0 Å². The number of anilines is 2. The van der Waals surface area contributed by atoms with Gasteiger partial charge in [-0.15, -0.1) is 0 Å². The molecule has 1 aliphatic heterocycles. The highest BCUT2D eigenvalue weighted by atomic mass is 16.6. The highest BCUT2D eigenvalue weighted by Gasteiger charge is 2.24. The van der Waals surface area contributed by atoms with E-state index in [1.165, 1.54) is 12.1 Å². The van der Waals surface area contributed by atoms with Gasteiger partial charge in [0.2, 0.25) is 11.5 Å². The summed E-state index contributed by atoms with van der Waals surface area (Å²) in [6.07, 6.45) is 2.48. The third-order valence-corrected chi connectivity index (χ3v) is 11.8. The number of rotatable bonds is 16. The molecule has 4 N–H and O–H groups in total. The highest BCUT2D eigenvalue weighted by molar-refractivity contribution is 6.00. The zero-order valence-corrected chi connectivity index (χ0v) is 35.3. The zero-order valence-electron chi connectivity index (χ0n) is 35.3. The SMILES string of the molecule is C[C@@H](CC[C@H](O)c1ccc(O)c2[nH]c(=O)ccc12)Cc1cccc(CC(=O)c2cccc(N(C)C(=O)CCN3CCC(OC(=O)Nc4ccccc4-c4ccccc4)CC3)c2)c1. The van der Waals surface area contributed by atoms with Crippen LogP contribution in [0.25, 0.3) is 22.0 Å². The second-order valence-electron chi connectivity index (χ2n) is 16.3. The van der Waals surface area contributed by atoms with Crippen molar-refractivity contribution in [1.82, 2.24) is 9.88 Å². The Bertz CT molecular complexity index is 2570. The molecule has 1 aromatic heterocycles. The van der Waals surface area contributed by atoms with Crippen LogP contribution >= 0.6 is 0 Å². The molecule has 320 valence electrons.